The molecule has 17 heavy (non-hydrogen) atoms. The number of carboxylic acids is 1. The zero-order valence-corrected chi connectivity index (χ0v) is 9.59. The molecular formula is C10H16N4O3. The Kier molecular flexibility index (Phi) is 4.65. The molecule has 7 nitrogen and oxygen atoms in total. The number of hydrogen-bond donors (Lipinski definition) is 3. The van der Waals surface area contributed by atoms with E-state index in [9.17, 15) is 9.59 Å². The fraction of sp³-hybridized carbons (Fsp3) is 0.500. The Hall–Kier alpha value is -1.89. The zero-order chi connectivity index (χ0) is 12.8. The minimum atomic E-state index is -0.983. The summed E-state index contributed by atoms with van der Waals surface area (Å²) < 4.78 is 1.24. The molecule has 0 radical (unpaired) electrons. The molecule has 7 heteroatoms. The van der Waals surface area contributed by atoms with Gasteiger partial charge in [0.25, 0.3) is 0 Å². The number of rotatable bonds is 6. The highest BCUT2D eigenvalue weighted by molar-refractivity contribution is 5.90. The number of nitrogens with two attached hydrogens (primary N) is 1. The first-order valence-electron chi connectivity index (χ1n) is 5.27. The van der Waals surface area contributed by atoms with Crippen molar-refractivity contribution in [3.63, 3.8) is 0 Å². The standard InChI is InChI=1S/C10H16N4O3/c1-7(11)2-3-9(15)13-8-4-12-14(5-8)6-10(16)17/h4-5,7H,2-3,6,11H2,1H3,(H,13,15)(H,16,17). The third kappa shape index (κ3) is 5.12. The first kappa shape index (κ1) is 13.2. The van der Waals surface area contributed by atoms with Crippen molar-refractivity contribution in [3.05, 3.63) is 12.4 Å². The molecular weight excluding hydrogens is 224 g/mol. The number of aromatic nitrogens is 2. The number of hydrogen-bond acceptors (Lipinski definition) is 4. The second-order valence-corrected chi connectivity index (χ2v) is 3.88. The molecule has 0 bridgehead atoms. The molecule has 1 amide bonds. The van der Waals surface area contributed by atoms with E-state index < -0.39 is 5.97 Å². The summed E-state index contributed by atoms with van der Waals surface area (Å²) in [5, 5.41) is 15.0. The van der Waals surface area contributed by atoms with Crippen LogP contribution in [-0.4, -0.2) is 32.8 Å². The molecule has 0 aliphatic carbocycles. The molecule has 94 valence electrons. The van der Waals surface area contributed by atoms with E-state index in [1.54, 1.807) is 0 Å². The Morgan fingerprint density at radius 1 is 1.65 bits per heavy atom. The van der Waals surface area contributed by atoms with Crippen LogP contribution in [0.25, 0.3) is 0 Å². The van der Waals surface area contributed by atoms with Gasteiger partial charge in [-0.1, -0.05) is 0 Å². The third-order valence-corrected chi connectivity index (χ3v) is 2.04. The van der Waals surface area contributed by atoms with Gasteiger partial charge in [0.1, 0.15) is 6.54 Å². The SMILES string of the molecule is CC(N)CCC(=O)Nc1cnn(CC(=O)O)c1. The van der Waals surface area contributed by atoms with Crippen LogP contribution >= 0.6 is 0 Å². The van der Waals surface area contributed by atoms with Crippen LogP contribution < -0.4 is 11.1 Å². The summed E-state index contributed by atoms with van der Waals surface area (Å²) in [7, 11) is 0. The lowest BCUT2D eigenvalue weighted by Gasteiger charge is -2.04. The van der Waals surface area contributed by atoms with Crippen LogP contribution in [0.5, 0.6) is 0 Å². The van der Waals surface area contributed by atoms with E-state index in [0.717, 1.165) is 0 Å². The number of carbonyl (C=O) groups excluding carboxylic acids is 1. The fourth-order valence-corrected chi connectivity index (χ4v) is 1.24. The Morgan fingerprint density at radius 3 is 2.94 bits per heavy atom. The molecule has 1 atom stereocenters. The van der Waals surface area contributed by atoms with Crippen molar-refractivity contribution in [2.75, 3.05) is 5.32 Å². The lowest BCUT2D eigenvalue weighted by molar-refractivity contribution is -0.137. The fourth-order valence-electron chi connectivity index (χ4n) is 1.24. The van der Waals surface area contributed by atoms with Gasteiger partial charge in [-0.2, -0.15) is 5.10 Å². The maximum Gasteiger partial charge on any atom is 0.325 e. The molecule has 1 rings (SSSR count). The van der Waals surface area contributed by atoms with Crippen molar-refractivity contribution in [2.24, 2.45) is 5.73 Å². The average molecular weight is 240 g/mol. The minimum Gasteiger partial charge on any atom is -0.480 e. The zero-order valence-electron chi connectivity index (χ0n) is 9.59. The quantitative estimate of drug-likeness (QED) is 0.650. The van der Waals surface area contributed by atoms with Gasteiger partial charge in [0.2, 0.25) is 5.91 Å². The van der Waals surface area contributed by atoms with E-state index >= 15 is 0 Å². The van der Waals surface area contributed by atoms with Gasteiger partial charge in [0.05, 0.1) is 11.9 Å². The normalized spacial score (nSPS) is 12.1. The summed E-state index contributed by atoms with van der Waals surface area (Å²) in [6, 6.07) is -0.0181. The monoisotopic (exact) mass is 240 g/mol. The molecule has 0 aliphatic rings. The Morgan fingerprint density at radius 2 is 2.35 bits per heavy atom. The smallest absolute Gasteiger partial charge is 0.325 e. The summed E-state index contributed by atoms with van der Waals surface area (Å²) >= 11 is 0. The van der Waals surface area contributed by atoms with Crippen molar-refractivity contribution < 1.29 is 14.7 Å². The lowest BCUT2D eigenvalue weighted by Crippen LogP contribution is -2.19. The molecule has 4 N–H and O–H groups in total. The number of nitrogens with zero attached hydrogens (tertiary/aromatic N) is 2. The average Bonchev–Trinajstić information content (AvgIpc) is 2.61. The summed E-state index contributed by atoms with van der Waals surface area (Å²) in [4.78, 5) is 21.8. The van der Waals surface area contributed by atoms with E-state index in [1.165, 1.54) is 17.1 Å². The molecule has 0 aromatic carbocycles. The van der Waals surface area contributed by atoms with Gasteiger partial charge in [-0.15, -0.1) is 0 Å². The van der Waals surface area contributed by atoms with Crippen LogP contribution in [0.2, 0.25) is 0 Å². The molecule has 1 heterocycles. The topological polar surface area (TPSA) is 110 Å². The van der Waals surface area contributed by atoms with Crippen LogP contribution in [-0.2, 0) is 16.1 Å². The van der Waals surface area contributed by atoms with E-state index in [2.05, 4.69) is 10.4 Å². The predicted octanol–water partition coefficient (Wildman–Crippen LogP) is 0.0336. The van der Waals surface area contributed by atoms with Gasteiger partial charge in [-0.25, -0.2) is 0 Å². The second kappa shape index (κ2) is 6.00. The molecule has 0 aliphatic heterocycles. The number of anilines is 1. The van der Waals surface area contributed by atoms with Crippen LogP contribution in [0.4, 0.5) is 5.69 Å². The Labute approximate surface area is 98.6 Å². The van der Waals surface area contributed by atoms with Gasteiger partial charge >= 0.3 is 5.97 Å². The first-order valence-corrected chi connectivity index (χ1v) is 5.27. The summed E-state index contributed by atoms with van der Waals surface area (Å²) in [6.45, 7) is 1.61. The van der Waals surface area contributed by atoms with Gasteiger partial charge in [0, 0.05) is 18.7 Å². The summed E-state index contributed by atoms with van der Waals surface area (Å²) in [5.74, 6) is -1.14. The van der Waals surface area contributed by atoms with Crippen LogP contribution in [0, 0.1) is 0 Å². The number of amides is 1. The molecule has 1 aromatic rings. The number of aliphatic carboxylic acids is 1. The van der Waals surface area contributed by atoms with Crippen molar-refractivity contribution in [1.82, 2.24) is 9.78 Å². The van der Waals surface area contributed by atoms with Crippen LogP contribution in [0.15, 0.2) is 12.4 Å². The third-order valence-electron chi connectivity index (χ3n) is 2.04. The van der Waals surface area contributed by atoms with Gasteiger partial charge < -0.3 is 16.2 Å². The van der Waals surface area contributed by atoms with E-state index in [0.29, 0.717) is 18.5 Å². The lowest BCUT2D eigenvalue weighted by atomic mass is 10.2. The summed E-state index contributed by atoms with van der Waals surface area (Å²) in [5.41, 5.74) is 6.02. The van der Waals surface area contributed by atoms with Crippen LogP contribution in [0.3, 0.4) is 0 Å². The molecule has 1 aromatic heterocycles. The van der Waals surface area contributed by atoms with Gasteiger partial charge in [-0.3, -0.25) is 14.3 Å². The molecule has 1 unspecified atom stereocenters. The largest absolute Gasteiger partial charge is 0.480 e. The van der Waals surface area contributed by atoms with Crippen molar-refractivity contribution in [3.8, 4) is 0 Å². The second-order valence-electron chi connectivity index (χ2n) is 3.88. The highest BCUT2D eigenvalue weighted by atomic mass is 16.4. The van der Waals surface area contributed by atoms with E-state index in [-0.39, 0.29) is 18.5 Å². The van der Waals surface area contributed by atoms with Gasteiger partial charge in [-0.05, 0) is 13.3 Å². The number of carboxylic acid groups (broad SMARTS) is 1. The number of nitrogens with one attached hydrogen (secondary N) is 1. The predicted molar refractivity (Wildman–Crippen MR) is 61.4 cm³/mol. The molecule has 0 saturated heterocycles. The van der Waals surface area contributed by atoms with E-state index in [4.69, 9.17) is 10.8 Å². The van der Waals surface area contributed by atoms with Crippen molar-refractivity contribution >= 4 is 17.6 Å². The Bertz CT molecular complexity index is 400. The molecule has 0 spiro atoms. The Balaban J connectivity index is 2.43. The molecule has 0 saturated carbocycles. The van der Waals surface area contributed by atoms with E-state index in [1.807, 2.05) is 6.92 Å². The summed E-state index contributed by atoms with van der Waals surface area (Å²) in [6.07, 6.45) is 3.82. The maximum absolute atomic E-state index is 11.4. The highest BCUT2D eigenvalue weighted by Gasteiger charge is 2.07. The highest BCUT2D eigenvalue weighted by Crippen LogP contribution is 2.06. The number of carbonyl (C=O) groups is 2. The maximum atomic E-state index is 11.4. The van der Waals surface area contributed by atoms with Crippen LogP contribution in [0.1, 0.15) is 19.8 Å². The van der Waals surface area contributed by atoms with Gasteiger partial charge in [0.15, 0.2) is 0 Å². The minimum absolute atomic E-state index is 0.0181. The first-order chi connectivity index (χ1) is 7.97. The molecule has 0 fully saturated rings. The van der Waals surface area contributed by atoms with Crippen molar-refractivity contribution in [2.45, 2.75) is 32.4 Å². The van der Waals surface area contributed by atoms with Crippen molar-refractivity contribution in [1.29, 1.82) is 0 Å².